The molecule has 1 aliphatic carbocycles. The van der Waals surface area contributed by atoms with Gasteiger partial charge in [-0.1, -0.05) is 174 Å². The van der Waals surface area contributed by atoms with Crippen molar-refractivity contribution < 1.29 is 0 Å². The average molecular weight is 634 g/mol. The lowest BCUT2D eigenvalue weighted by atomic mass is 9.79. The second kappa shape index (κ2) is 11.8. The highest BCUT2D eigenvalue weighted by Crippen LogP contribution is 2.50. The summed E-state index contributed by atoms with van der Waals surface area (Å²) in [5.41, 5.74) is 14.1. The van der Waals surface area contributed by atoms with Crippen LogP contribution in [0.15, 0.2) is 146 Å². The first-order chi connectivity index (χ1) is 23.6. The van der Waals surface area contributed by atoms with Crippen LogP contribution in [0.3, 0.4) is 0 Å². The fraction of sp³-hybridized carbons (Fsp3) is 0.152. The molecule has 3 nitrogen and oxygen atoms in total. The minimum Gasteiger partial charge on any atom is -0.208 e. The minimum absolute atomic E-state index is 0.0846. The molecule has 0 atom stereocenters. The first-order valence-corrected chi connectivity index (χ1v) is 17.0. The van der Waals surface area contributed by atoms with Gasteiger partial charge in [-0.15, -0.1) is 0 Å². The van der Waals surface area contributed by atoms with Crippen LogP contribution in [-0.4, -0.2) is 15.0 Å². The molecule has 6 aromatic carbocycles. The van der Waals surface area contributed by atoms with E-state index in [-0.39, 0.29) is 10.8 Å². The molecule has 3 heteroatoms. The Morgan fingerprint density at radius 2 is 0.755 bits per heavy atom. The molecule has 0 radical (unpaired) electrons. The van der Waals surface area contributed by atoms with E-state index in [0.717, 1.165) is 27.8 Å². The smallest absolute Gasteiger partial charge is 0.164 e. The third-order valence-electron chi connectivity index (χ3n) is 9.94. The summed E-state index contributed by atoms with van der Waals surface area (Å²) in [6.07, 6.45) is 0. The molecule has 49 heavy (non-hydrogen) atoms. The summed E-state index contributed by atoms with van der Waals surface area (Å²) >= 11 is 0. The number of hydrogen-bond donors (Lipinski definition) is 0. The molecule has 8 rings (SSSR count). The summed E-state index contributed by atoms with van der Waals surface area (Å²) in [7, 11) is 0. The van der Waals surface area contributed by atoms with E-state index in [0.29, 0.717) is 17.5 Å². The Morgan fingerprint density at radius 3 is 1.22 bits per heavy atom. The van der Waals surface area contributed by atoms with Crippen molar-refractivity contribution >= 4 is 0 Å². The third kappa shape index (κ3) is 5.66. The van der Waals surface area contributed by atoms with E-state index in [4.69, 9.17) is 15.0 Å². The zero-order valence-electron chi connectivity index (χ0n) is 28.7. The molecule has 0 N–H and O–H groups in total. The maximum atomic E-state index is 5.11. The molecule has 0 bridgehead atoms. The maximum absolute atomic E-state index is 5.11. The SMILES string of the molecule is CC(C)(C)c1ccc2c(c1)C(C)(C)c1cc(-c3nc(-c4ccc(-c5ccccc5)cc4)nc(-c4ccc(-c5ccccc5)cc4)n3)ccc1-2. The van der Waals surface area contributed by atoms with Gasteiger partial charge in [-0.2, -0.15) is 0 Å². The Balaban J connectivity index is 1.23. The highest BCUT2D eigenvalue weighted by Gasteiger charge is 2.36. The van der Waals surface area contributed by atoms with Gasteiger partial charge in [0.15, 0.2) is 17.5 Å². The minimum atomic E-state index is -0.152. The van der Waals surface area contributed by atoms with E-state index in [1.165, 1.54) is 38.9 Å². The van der Waals surface area contributed by atoms with Crippen molar-refractivity contribution in [2.45, 2.75) is 45.4 Å². The van der Waals surface area contributed by atoms with Crippen LogP contribution >= 0.6 is 0 Å². The fourth-order valence-electron chi connectivity index (χ4n) is 6.99. The van der Waals surface area contributed by atoms with Gasteiger partial charge in [0, 0.05) is 22.1 Å². The lowest BCUT2D eigenvalue weighted by Gasteiger charge is -2.25. The number of nitrogens with zero attached hydrogens (tertiary/aromatic N) is 3. The Kier molecular flexibility index (Phi) is 7.37. The van der Waals surface area contributed by atoms with Crippen molar-refractivity contribution in [3.63, 3.8) is 0 Å². The van der Waals surface area contributed by atoms with Gasteiger partial charge in [-0.3, -0.25) is 0 Å². The Labute approximate surface area is 289 Å². The van der Waals surface area contributed by atoms with Crippen LogP contribution in [0.25, 0.3) is 67.5 Å². The van der Waals surface area contributed by atoms with Crippen LogP contribution in [-0.2, 0) is 10.8 Å². The molecule has 0 spiro atoms. The van der Waals surface area contributed by atoms with Gasteiger partial charge >= 0.3 is 0 Å². The second-order valence-electron chi connectivity index (χ2n) is 14.6. The molecule has 1 aromatic heterocycles. The van der Waals surface area contributed by atoms with Crippen LogP contribution < -0.4 is 0 Å². The molecule has 0 aliphatic heterocycles. The van der Waals surface area contributed by atoms with Crippen molar-refractivity contribution in [3.8, 4) is 67.5 Å². The summed E-state index contributed by atoms with van der Waals surface area (Å²) in [6.45, 7) is 11.5. The third-order valence-corrected chi connectivity index (χ3v) is 9.94. The number of rotatable bonds is 5. The number of aromatic nitrogens is 3. The Hall–Kier alpha value is -5.67. The lowest BCUT2D eigenvalue weighted by Crippen LogP contribution is -2.17. The number of fused-ring (bicyclic) bond motifs is 3. The van der Waals surface area contributed by atoms with Crippen molar-refractivity contribution in [1.82, 2.24) is 15.0 Å². The summed E-state index contributed by atoms with van der Waals surface area (Å²) in [5.74, 6) is 1.98. The van der Waals surface area contributed by atoms with E-state index >= 15 is 0 Å². The van der Waals surface area contributed by atoms with E-state index < -0.39 is 0 Å². The molecular formula is C46H39N3. The normalized spacial score (nSPS) is 13.2. The molecular weight excluding hydrogens is 595 g/mol. The van der Waals surface area contributed by atoms with Gasteiger partial charge in [0.1, 0.15) is 0 Å². The number of hydrogen-bond acceptors (Lipinski definition) is 3. The van der Waals surface area contributed by atoms with Gasteiger partial charge in [-0.05, 0) is 61.6 Å². The summed E-state index contributed by atoms with van der Waals surface area (Å²) < 4.78 is 0. The molecule has 0 saturated heterocycles. The van der Waals surface area contributed by atoms with Crippen LogP contribution in [0.1, 0.15) is 51.3 Å². The molecule has 238 valence electrons. The van der Waals surface area contributed by atoms with Crippen molar-refractivity contribution in [2.24, 2.45) is 0 Å². The summed E-state index contributed by atoms with van der Waals surface area (Å²) in [6, 6.07) is 51.6. The van der Waals surface area contributed by atoms with Crippen LogP contribution in [0.5, 0.6) is 0 Å². The van der Waals surface area contributed by atoms with Gasteiger partial charge in [0.2, 0.25) is 0 Å². The summed E-state index contributed by atoms with van der Waals surface area (Å²) in [4.78, 5) is 15.3. The first-order valence-electron chi connectivity index (χ1n) is 17.0. The van der Waals surface area contributed by atoms with Gasteiger partial charge in [0.05, 0.1) is 0 Å². The quantitative estimate of drug-likeness (QED) is 0.189. The van der Waals surface area contributed by atoms with Crippen LogP contribution in [0.2, 0.25) is 0 Å². The zero-order chi connectivity index (χ0) is 33.8. The maximum Gasteiger partial charge on any atom is 0.164 e. The van der Waals surface area contributed by atoms with Gasteiger partial charge < -0.3 is 0 Å². The monoisotopic (exact) mass is 633 g/mol. The molecule has 7 aromatic rings. The van der Waals surface area contributed by atoms with E-state index in [9.17, 15) is 0 Å². The Morgan fingerprint density at radius 1 is 0.388 bits per heavy atom. The van der Waals surface area contributed by atoms with Gasteiger partial charge in [-0.25, -0.2) is 15.0 Å². The molecule has 1 heterocycles. The lowest BCUT2D eigenvalue weighted by molar-refractivity contribution is 0.584. The van der Waals surface area contributed by atoms with E-state index in [1.807, 2.05) is 12.1 Å². The first kappa shape index (κ1) is 30.7. The summed E-state index contributed by atoms with van der Waals surface area (Å²) in [5, 5.41) is 0. The standard InChI is InChI=1S/C46H39N3/c1-45(2,3)37-25-27-39-38-26-24-36(28-40(38)46(4,5)41(39)29-37)44-48-42(34-20-16-32(17-21-34)30-12-8-6-9-13-30)47-43(49-44)35-22-18-33(19-23-35)31-14-10-7-11-15-31/h6-29H,1-5H3. The fourth-order valence-corrected chi connectivity index (χ4v) is 6.99. The van der Waals surface area contributed by atoms with Crippen molar-refractivity contribution in [2.75, 3.05) is 0 Å². The molecule has 0 fully saturated rings. The Bertz CT molecular complexity index is 2190. The molecule has 0 unspecified atom stereocenters. The zero-order valence-corrected chi connectivity index (χ0v) is 28.7. The van der Waals surface area contributed by atoms with Crippen molar-refractivity contribution in [3.05, 3.63) is 162 Å². The highest BCUT2D eigenvalue weighted by atomic mass is 15.0. The largest absolute Gasteiger partial charge is 0.208 e. The predicted octanol–water partition coefficient (Wildman–Crippen LogP) is 11.8. The molecule has 0 saturated carbocycles. The average Bonchev–Trinajstić information content (AvgIpc) is 3.37. The van der Waals surface area contributed by atoms with Crippen molar-refractivity contribution in [1.29, 1.82) is 0 Å². The highest BCUT2D eigenvalue weighted by molar-refractivity contribution is 5.83. The second-order valence-corrected chi connectivity index (χ2v) is 14.6. The predicted molar refractivity (Wildman–Crippen MR) is 203 cm³/mol. The number of benzene rings is 6. The molecule has 0 amide bonds. The van der Waals surface area contributed by atoms with E-state index in [1.54, 1.807) is 0 Å². The molecule has 1 aliphatic rings. The van der Waals surface area contributed by atoms with Crippen LogP contribution in [0.4, 0.5) is 0 Å². The van der Waals surface area contributed by atoms with Gasteiger partial charge in [0.25, 0.3) is 0 Å². The van der Waals surface area contributed by atoms with Crippen LogP contribution in [0, 0.1) is 0 Å². The topological polar surface area (TPSA) is 38.7 Å². The van der Waals surface area contributed by atoms with E-state index in [2.05, 4.69) is 168 Å².